The van der Waals surface area contributed by atoms with Gasteiger partial charge in [-0.2, -0.15) is 0 Å². The molecule has 7 heteroatoms. The molecule has 1 N–H and O–H groups in total. The van der Waals surface area contributed by atoms with Gasteiger partial charge in [0.1, 0.15) is 11.3 Å². The quantitative estimate of drug-likeness (QED) is 0.626. The minimum Gasteiger partial charge on any atom is -0.494 e. The van der Waals surface area contributed by atoms with Crippen LogP contribution in [0.1, 0.15) is 23.0 Å². The van der Waals surface area contributed by atoms with E-state index in [4.69, 9.17) is 25.5 Å². The lowest BCUT2D eigenvalue weighted by molar-refractivity contribution is -0.119. The van der Waals surface area contributed by atoms with Crippen LogP contribution in [0.15, 0.2) is 46.9 Å². The smallest absolute Gasteiger partial charge is 0.375 e. The Kier molecular flexibility index (Phi) is 5.66. The van der Waals surface area contributed by atoms with Gasteiger partial charge in [-0.3, -0.25) is 4.79 Å². The van der Waals surface area contributed by atoms with Gasteiger partial charge in [0, 0.05) is 10.9 Å². The minimum atomic E-state index is -0.712. The molecule has 0 fully saturated rings. The van der Waals surface area contributed by atoms with Crippen LogP contribution in [0.5, 0.6) is 5.75 Å². The summed E-state index contributed by atoms with van der Waals surface area (Å²) in [6.45, 7) is 3.73. The zero-order valence-corrected chi connectivity index (χ0v) is 15.6. The van der Waals surface area contributed by atoms with Crippen LogP contribution in [0.3, 0.4) is 0 Å². The molecule has 3 rings (SSSR count). The minimum absolute atomic E-state index is 0.0594. The summed E-state index contributed by atoms with van der Waals surface area (Å²) < 4.78 is 16.1. The molecular formula is C20H18ClNO5. The predicted molar refractivity (Wildman–Crippen MR) is 102 cm³/mol. The summed E-state index contributed by atoms with van der Waals surface area (Å²) in [4.78, 5) is 24.3. The van der Waals surface area contributed by atoms with Crippen molar-refractivity contribution >= 4 is 40.1 Å². The number of hydrogen-bond acceptors (Lipinski definition) is 5. The molecule has 6 nitrogen and oxygen atoms in total. The molecule has 0 saturated heterocycles. The van der Waals surface area contributed by atoms with Gasteiger partial charge in [0.2, 0.25) is 5.76 Å². The number of fused-ring (bicyclic) bond motifs is 1. The molecule has 1 aromatic heterocycles. The van der Waals surface area contributed by atoms with Gasteiger partial charge in [0.25, 0.3) is 5.91 Å². The Morgan fingerprint density at radius 3 is 2.70 bits per heavy atom. The molecule has 0 spiro atoms. The molecule has 0 bridgehead atoms. The summed E-state index contributed by atoms with van der Waals surface area (Å²) in [7, 11) is 0. The predicted octanol–water partition coefficient (Wildman–Crippen LogP) is 4.59. The second-order valence-corrected chi connectivity index (χ2v) is 6.16. The van der Waals surface area contributed by atoms with Crippen molar-refractivity contribution < 1.29 is 23.5 Å². The number of aryl methyl sites for hydroxylation is 1. The number of rotatable bonds is 6. The molecule has 1 amide bonds. The number of hydrogen-bond donors (Lipinski definition) is 1. The lowest BCUT2D eigenvalue weighted by Crippen LogP contribution is -2.21. The van der Waals surface area contributed by atoms with Crippen molar-refractivity contribution in [2.24, 2.45) is 0 Å². The van der Waals surface area contributed by atoms with Gasteiger partial charge in [-0.1, -0.05) is 23.7 Å². The monoisotopic (exact) mass is 387 g/mol. The maximum absolute atomic E-state index is 12.3. The van der Waals surface area contributed by atoms with Crippen LogP contribution in [-0.4, -0.2) is 25.1 Å². The van der Waals surface area contributed by atoms with Gasteiger partial charge in [-0.05, 0) is 44.2 Å². The van der Waals surface area contributed by atoms with E-state index < -0.39 is 18.5 Å². The average molecular weight is 388 g/mol. The largest absolute Gasteiger partial charge is 0.494 e. The maximum atomic E-state index is 12.3. The SMILES string of the molecule is CCOc1ccc2oc(C(=O)OCC(=O)Nc3ccccc3Cl)c(C)c2c1. The van der Waals surface area contributed by atoms with Gasteiger partial charge < -0.3 is 19.2 Å². The Labute approximate surface area is 161 Å². The number of nitrogens with one attached hydrogen (secondary N) is 1. The third-order valence-electron chi connectivity index (χ3n) is 3.89. The molecule has 2 aromatic carbocycles. The molecule has 0 saturated carbocycles. The van der Waals surface area contributed by atoms with Gasteiger partial charge in [-0.25, -0.2) is 4.79 Å². The second kappa shape index (κ2) is 8.14. The number of furan rings is 1. The third-order valence-corrected chi connectivity index (χ3v) is 4.22. The number of amides is 1. The standard InChI is InChI=1S/C20H18ClNO5/c1-3-25-13-8-9-17-14(10-13)12(2)19(27-17)20(24)26-11-18(23)22-16-7-5-4-6-15(16)21/h4-10H,3,11H2,1-2H3,(H,22,23). The van der Waals surface area contributed by atoms with Crippen LogP contribution < -0.4 is 10.1 Å². The second-order valence-electron chi connectivity index (χ2n) is 5.75. The van der Waals surface area contributed by atoms with Crippen LogP contribution in [-0.2, 0) is 9.53 Å². The van der Waals surface area contributed by atoms with E-state index in [-0.39, 0.29) is 5.76 Å². The molecule has 0 unspecified atom stereocenters. The van der Waals surface area contributed by atoms with Crippen molar-refractivity contribution in [3.63, 3.8) is 0 Å². The van der Waals surface area contributed by atoms with Gasteiger partial charge >= 0.3 is 5.97 Å². The number of esters is 1. The molecule has 0 atom stereocenters. The van der Waals surface area contributed by atoms with E-state index in [2.05, 4.69) is 5.32 Å². The number of carbonyl (C=O) groups is 2. The zero-order valence-electron chi connectivity index (χ0n) is 14.9. The number of ether oxygens (including phenoxy) is 2. The fourth-order valence-corrected chi connectivity index (χ4v) is 2.78. The summed E-state index contributed by atoms with van der Waals surface area (Å²) in [5.41, 5.74) is 1.62. The lowest BCUT2D eigenvalue weighted by Gasteiger charge is -2.07. The highest BCUT2D eigenvalue weighted by molar-refractivity contribution is 6.33. The highest BCUT2D eigenvalue weighted by Crippen LogP contribution is 2.29. The van der Waals surface area contributed by atoms with Crippen LogP contribution in [0.2, 0.25) is 5.02 Å². The summed E-state index contributed by atoms with van der Waals surface area (Å²) in [5.74, 6) is -0.461. The van der Waals surface area contributed by atoms with E-state index in [1.54, 1.807) is 49.4 Å². The number of halogens is 1. The van der Waals surface area contributed by atoms with E-state index >= 15 is 0 Å². The van der Waals surface area contributed by atoms with Crippen molar-refractivity contribution in [3.05, 3.63) is 58.8 Å². The van der Waals surface area contributed by atoms with Crippen molar-refractivity contribution in [1.29, 1.82) is 0 Å². The van der Waals surface area contributed by atoms with Crippen molar-refractivity contribution in [1.82, 2.24) is 0 Å². The van der Waals surface area contributed by atoms with Crippen molar-refractivity contribution in [3.8, 4) is 5.75 Å². The van der Waals surface area contributed by atoms with Gasteiger partial charge in [0.15, 0.2) is 6.61 Å². The first-order valence-corrected chi connectivity index (χ1v) is 8.75. The highest BCUT2D eigenvalue weighted by Gasteiger charge is 2.20. The Morgan fingerprint density at radius 2 is 1.96 bits per heavy atom. The Hall–Kier alpha value is -2.99. The third kappa shape index (κ3) is 4.23. The van der Waals surface area contributed by atoms with Crippen LogP contribution >= 0.6 is 11.6 Å². The molecular weight excluding hydrogens is 370 g/mol. The normalized spacial score (nSPS) is 10.6. The maximum Gasteiger partial charge on any atom is 0.375 e. The molecule has 3 aromatic rings. The topological polar surface area (TPSA) is 77.8 Å². The molecule has 0 aliphatic heterocycles. The first kappa shape index (κ1) is 18.8. The van der Waals surface area contributed by atoms with Crippen molar-refractivity contribution in [2.45, 2.75) is 13.8 Å². The number of carbonyl (C=O) groups excluding carboxylic acids is 2. The fourth-order valence-electron chi connectivity index (χ4n) is 2.60. The zero-order chi connectivity index (χ0) is 19.4. The van der Waals surface area contributed by atoms with Crippen LogP contribution in [0.4, 0.5) is 5.69 Å². The van der Waals surface area contributed by atoms with Gasteiger partial charge in [-0.15, -0.1) is 0 Å². The first-order valence-electron chi connectivity index (χ1n) is 8.37. The van der Waals surface area contributed by atoms with Gasteiger partial charge in [0.05, 0.1) is 17.3 Å². The van der Waals surface area contributed by atoms with E-state index in [9.17, 15) is 9.59 Å². The number of benzene rings is 2. The summed E-state index contributed by atoms with van der Waals surface area (Å²) in [6.07, 6.45) is 0. The Balaban J connectivity index is 1.68. The van der Waals surface area contributed by atoms with Crippen LogP contribution in [0.25, 0.3) is 11.0 Å². The average Bonchev–Trinajstić information content (AvgIpc) is 2.98. The van der Waals surface area contributed by atoms with E-state index in [1.807, 2.05) is 6.92 Å². The summed E-state index contributed by atoms with van der Waals surface area (Å²) in [6, 6.07) is 12.1. The number of para-hydroxylation sites is 1. The molecule has 1 heterocycles. The van der Waals surface area contributed by atoms with Crippen molar-refractivity contribution in [2.75, 3.05) is 18.5 Å². The summed E-state index contributed by atoms with van der Waals surface area (Å²) >= 11 is 5.98. The summed E-state index contributed by atoms with van der Waals surface area (Å²) in [5, 5.41) is 3.74. The van der Waals surface area contributed by atoms with E-state index in [1.165, 1.54) is 0 Å². The molecule has 0 aliphatic rings. The molecule has 140 valence electrons. The Bertz CT molecular complexity index is 995. The first-order chi connectivity index (χ1) is 13.0. The number of anilines is 1. The molecule has 27 heavy (non-hydrogen) atoms. The lowest BCUT2D eigenvalue weighted by atomic mass is 10.1. The Morgan fingerprint density at radius 1 is 1.19 bits per heavy atom. The molecule has 0 radical (unpaired) electrons. The van der Waals surface area contributed by atoms with E-state index in [0.29, 0.717) is 34.2 Å². The van der Waals surface area contributed by atoms with Crippen LogP contribution in [0, 0.1) is 6.92 Å². The molecule has 0 aliphatic carbocycles. The van der Waals surface area contributed by atoms with E-state index in [0.717, 1.165) is 5.39 Å². The fraction of sp³-hybridized carbons (Fsp3) is 0.200. The highest BCUT2D eigenvalue weighted by atomic mass is 35.5.